The minimum Gasteiger partial charge on any atom is -0.361 e. The van der Waals surface area contributed by atoms with Crippen LogP contribution in [0.25, 0.3) is 10.9 Å². The number of H-pyrrole nitrogens is 1. The molecule has 0 aliphatic carbocycles. The van der Waals surface area contributed by atoms with Crippen LogP contribution in [0.15, 0.2) is 29.4 Å². The summed E-state index contributed by atoms with van der Waals surface area (Å²) in [5.41, 5.74) is 1.99. The molecule has 0 aliphatic rings. The van der Waals surface area contributed by atoms with Crippen LogP contribution in [0.4, 0.5) is 4.39 Å². The lowest BCUT2D eigenvalue weighted by molar-refractivity contribution is -0.128. The molecular weight excluding hydrogens is 448 g/mol. The minimum atomic E-state index is -0.234. The lowest BCUT2D eigenvalue weighted by Crippen LogP contribution is -2.38. The Morgan fingerprint density at radius 1 is 1.31 bits per heavy atom. The second kappa shape index (κ2) is 11.0. The number of amides is 1. The molecule has 0 atom stereocenters. The molecule has 0 saturated heterocycles. The van der Waals surface area contributed by atoms with Crippen LogP contribution in [-0.4, -0.2) is 55.5 Å². The fourth-order valence-corrected chi connectivity index (χ4v) is 2.50. The van der Waals surface area contributed by atoms with Crippen molar-refractivity contribution in [2.45, 2.75) is 19.8 Å². The summed E-state index contributed by atoms with van der Waals surface area (Å²) < 4.78 is 13.4. The fourth-order valence-electron chi connectivity index (χ4n) is 2.50. The highest BCUT2D eigenvalue weighted by atomic mass is 127. The summed E-state index contributed by atoms with van der Waals surface area (Å²) in [6, 6.07) is 4.74. The van der Waals surface area contributed by atoms with Gasteiger partial charge >= 0.3 is 0 Å². The number of hydrogen-bond acceptors (Lipinski definition) is 2. The topological polar surface area (TPSA) is 72.5 Å². The predicted molar refractivity (Wildman–Crippen MR) is 115 cm³/mol. The van der Waals surface area contributed by atoms with Gasteiger partial charge in [0.25, 0.3) is 0 Å². The number of guanidine groups is 1. The number of fused-ring (bicyclic) bond motifs is 1. The van der Waals surface area contributed by atoms with Crippen molar-refractivity contribution in [3.8, 4) is 0 Å². The molecule has 0 saturated carbocycles. The maximum Gasteiger partial charge on any atom is 0.223 e. The van der Waals surface area contributed by atoms with Gasteiger partial charge in [-0.15, -0.1) is 24.0 Å². The van der Waals surface area contributed by atoms with E-state index >= 15 is 0 Å². The Balaban J connectivity index is 0.00000338. The van der Waals surface area contributed by atoms with Gasteiger partial charge in [-0.2, -0.15) is 0 Å². The molecule has 6 nitrogen and oxygen atoms in total. The molecule has 1 amide bonds. The number of carbonyl (C=O) groups is 1. The average molecular weight is 475 g/mol. The zero-order chi connectivity index (χ0) is 18.2. The Labute approximate surface area is 170 Å². The third-order valence-electron chi connectivity index (χ3n) is 3.85. The maximum atomic E-state index is 13.4. The van der Waals surface area contributed by atoms with Crippen LogP contribution in [0, 0.1) is 5.82 Å². The summed E-state index contributed by atoms with van der Waals surface area (Å²) >= 11 is 0. The highest BCUT2D eigenvalue weighted by Crippen LogP contribution is 2.19. The van der Waals surface area contributed by atoms with E-state index in [0.29, 0.717) is 25.5 Å². The second-order valence-electron chi connectivity index (χ2n) is 5.98. The van der Waals surface area contributed by atoms with Crippen LogP contribution in [-0.2, 0) is 11.2 Å². The molecule has 0 radical (unpaired) electrons. The summed E-state index contributed by atoms with van der Waals surface area (Å²) in [6.07, 6.45) is 3.03. The SMILES string of the molecule is CCNC(=NCCC(=O)N(C)C)NCCc1c[nH]c2ccc(F)cc12.I. The quantitative estimate of drug-likeness (QED) is 0.328. The van der Waals surface area contributed by atoms with E-state index in [1.54, 1.807) is 31.1 Å². The molecule has 1 aromatic heterocycles. The Bertz CT molecular complexity index is 744. The average Bonchev–Trinajstić information content (AvgIpc) is 2.97. The van der Waals surface area contributed by atoms with Crippen LogP contribution in [0.2, 0.25) is 0 Å². The first-order valence-corrected chi connectivity index (χ1v) is 8.49. The number of aliphatic imine (C=N–C) groups is 1. The van der Waals surface area contributed by atoms with Crippen molar-refractivity contribution in [3.05, 3.63) is 35.8 Å². The standard InChI is InChI=1S/C18H26FN5O.HI/c1-4-20-18(22-10-8-17(25)24(2)3)21-9-7-13-12-23-16-6-5-14(19)11-15(13)16;/h5-6,11-12,23H,4,7-10H2,1-3H3,(H2,20,21,22);1H. The number of nitrogens with one attached hydrogen (secondary N) is 3. The van der Waals surface area contributed by atoms with Gasteiger partial charge in [0.2, 0.25) is 5.91 Å². The highest BCUT2D eigenvalue weighted by molar-refractivity contribution is 14.0. The maximum absolute atomic E-state index is 13.4. The van der Waals surface area contributed by atoms with Crippen molar-refractivity contribution in [3.63, 3.8) is 0 Å². The molecule has 1 heterocycles. The Kier molecular flexibility index (Phi) is 9.39. The third kappa shape index (κ3) is 6.47. The summed E-state index contributed by atoms with van der Waals surface area (Å²) in [5, 5.41) is 7.31. The van der Waals surface area contributed by atoms with Crippen LogP contribution < -0.4 is 10.6 Å². The molecule has 8 heteroatoms. The van der Waals surface area contributed by atoms with E-state index < -0.39 is 0 Å². The zero-order valence-electron chi connectivity index (χ0n) is 15.4. The lowest BCUT2D eigenvalue weighted by atomic mass is 10.1. The smallest absolute Gasteiger partial charge is 0.223 e. The van der Waals surface area contributed by atoms with Gasteiger partial charge in [0, 0.05) is 50.7 Å². The Morgan fingerprint density at radius 2 is 2.08 bits per heavy atom. The molecule has 3 N–H and O–H groups in total. The summed E-state index contributed by atoms with van der Waals surface area (Å²) in [4.78, 5) is 20.7. The van der Waals surface area contributed by atoms with E-state index in [0.717, 1.165) is 29.4 Å². The summed E-state index contributed by atoms with van der Waals surface area (Å²) in [6.45, 7) is 3.83. The first-order chi connectivity index (χ1) is 12.0. The molecule has 0 unspecified atom stereocenters. The molecule has 144 valence electrons. The van der Waals surface area contributed by atoms with Crippen molar-refractivity contribution in [1.82, 2.24) is 20.5 Å². The zero-order valence-corrected chi connectivity index (χ0v) is 17.8. The van der Waals surface area contributed by atoms with Crippen molar-refractivity contribution >= 4 is 46.7 Å². The van der Waals surface area contributed by atoms with Gasteiger partial charge in [0.05, 0.1) is 6.54 Å². The van der Waals surface area contributed by atoms with Crippen molar-refractivity contribution in [1.29, 1.82) is 0 Å². The van der Waals surface area contributed by atoms with E-state index in [4.69, 9.17) is 0 Å². The molecular formula is C18H27FIN5O. The van der Waals surface area contributed by atoms with E-state index in [2.05, 4.69) is 20.6 Å². The minimum absolute atomic E-state index is 0. The number of hydrogen-bond donors (Lipinski definition) is 3. The van der Waals surface area contributed by atoms with E-state index in [1.807, 2.05) is 13.1 Å². The van der Waals surface area contributed by atoms with Gasteiger partial charge in [-0.3, -0.25) is 9.79 Å². The second-order valence-corrected chi connectivity index (χ2v) is 5.98. The largest absolute Gasteiger partial charge is 0.361 e. The summed E-state index contributed by atoms with van der Waals surface area (Å²) in [7, 11) is 3.47. The Morgan fingerprint density at radius 3 is 2.77 bits per heavy atom. The van der Waals surface area contributed by atoms with Gasteiger partial charge < -0.3 is 20.5 Å². The van der Waals surface area contributed by atoms with Gasteiger partial charge in [0.15, 0.2) is 5.96 Å². The first-order valence-electron chi connectivity index (χ1n) is 8.49. The molecule has 26 heavy (non-hydrogen) atoms. The third-order valence-corrected chi connectivity index (χ3v) is 3.85. The Hall–Kier alpha value is -1.84. The number of aromatic nitrogens is 1. The predicted octanol–water partition coefficient (Wildman–Crippen LogP) is 2.50. The van der Waals surface area contributed by atoms with Gasteiger partial charge in [-0.05, 0) is 37.1 Å². The van der Waals surface area contributed by atoms with Gasteiger partial charge in [-0.25, -0.2) is 4.39 Å². The molecule has 0 bridgehead atoms. The van der Waals surface area contributed by atoms with E-state index in [1.165, 1.54) is 6.07 Å². The van der Waals surface area contributed by atoms with E-state index in [9.17, 15) is 9.18 Å². The molecule has 0 fully saturated rings. The number of rotatable bonds is 7. The van der Waals surface area contributed by atoms with Crippen molar-refractivity contribution in [2.24, 2.45) is 4.99 Å². The highest BCUT2D eigenvalue weighted by Gasteiger charge is 2.06. The molecule has 2 aromatic rings. The number of benzene rings is 1. The number of carbonyl (C=O) groups excluding carboxylic acids is 1. The van der Waals surface area contributed by atoms with Crippen LogP contribution in [0.3, 0.4) is 0 Å². The van der Waals surface area contributed by atoms with Crippen molar-refractivity contribution in [2.75, 3.05) is 33.7 Å². The normalized spacial score (nSPS) is 11.2. The fraction of sp³-hybridized carbons (Fsp3) is 0.444. The van der Waals surface area contributed by atoms with Crippen LogP contribution >= 0.6 is 24.0 Å². The van der Waals surface area contributed by atoms with Crippen molar-refractivity contribution < 1.29 is 9.18 Å². The molecule has 2 rings (SSSR count). The number of aromatic amines is 1. The number of nitrogens with zero attached hydrogens (tertiary/aromatic N) is 2. The monoisotopic (exact) mass is 475 g/mol. The lowest BCUT2D eigenvalue weighted by Gasteiger charge is -2.12. The van der Waals surface area contributed by atoms with Gasteiger partial charge in [0.1, 0.15) is 5.82 Å². The number of halogens is 2. The molecule has 0 spiro atoms. The van der Waals surface area contributed by atoms with Crippen LogP contribution in [0.5, 0.6) is 0 Å². The molecule has 1 aromatic carbocycles. The van der Waals surface area contributed by atoms with Crippen LogP contribution in [0.1, 0.15) is 18.9 Å². The molecule has 0 aliphatic heterocycles. The first kappa shape index (κ1) is 22.2. The summed E-state index contributed by atoms with van der Waals surface area (Å²) in [5.74, 6) is 0.502. The van der Waals surface area contributed by atoms with Gasteiger partial charge in [-0.1, -0.05) is 0 Å². The van der Waals surface area contributed by atoms with E-state index in [-0.39, 0.29) is 35.7 Å².